The number of hydrogen-bond donors (Lipinski definition) is 0. The predicted molar refractivity (Wildman–Crippen MR) is 60.9 cm³/mol. The summed E-state index contributed by atoms with van der Waals surface area (Å²) >= 11 is 5.95. The van der Waals surface area contributed by atoms with Gasteiger partial charge in [0.2, 0.25) is 4.96 Å². The van der Waals surface area contributed by atoms with Crippen molar-refractivity contribution in [1.29, 1.82) is 0 Å². The van der Waals surface area contributed by atoms with Crippen LogP contribution in [0.3, 0.4) is 0 Å². The first kappa shape index (κ1) is 13.5. The molecule has 2 aromatic heterocycles. The molecule has 16 heavy (non-hydrogen) atoms. The summed E-state index contributed by atoms with van der Waals surface area (Å²) in [4.78, 5) is 14.8. The van der Waals surface area contributed by atoms with Crippen molar-refractivity contribution >= 4 is 50.1 Å². The van der Waals surface area contributed by atoms with E-state index in [4.69, 9.17) is 11.6 Å². The van der Waals surface area contributed by atoms with Crippen molar-refractivity contribution in [2.75, 3.05) is 0 Å². The summed E-state index contributed by atoms with van der Waals surface area (Å²) in [5.74, 6) is -3.04. The van der Waals surface area contributed by atoms with E-state index in [1.807, 2.05) is 0 Å². The second-order valence-electron chi connectivity index (χ2n) is 2.91. The van der Waals surface area contributed by atoms with Gasteiger partial charge in [0, 0.05) is 6.92 Å². The van der Waals surface area contributed by atoms with E-state index >= 15 is 0 Å². The van der Waals surface area contributed by atoms with Crippen molar-refractivity contribution < 1.29 is 13.6 Å². The van der Waals surface area contributed by atoms with Gasteiger partial charge in [-0.3, -0.25) is 4.79 Å². The van der Waals surface area contributed by atoms with Gasteiger partial charge in [-0.15, -0.1) is 17.0 Å². The SMILES string of the molecule is Br.CC(F)(F)c1nn2c(C(=O)Cl)cnc2s1. The van der Waals surface area contributed by atoms with Gasteiger partial charge in [0.15, 0.2) is 5.01 Å². The number of hydrogen-bond acceptors (Lipinski definition) is 4. The Bertz CT molecular complexity index is 535. The minimum atomic E-state index is -3.04. The van der Waals surface area contributed by atoms with E-state index in [1.54, 1.807) is 0 Å². The number of fused-ring (bicyclic) bond motifs is 1. The fraction of sp³-hybridized carbons (Fsp3) is 0.286. The summed E-state index contributed by atoms with van der Waals surface area (Å²) in [6, 6.07) is 0. The molecule has 0 aromatic carbocycles. The lowest BCUT2D eigenvalue weighted by atomic mass is 10.4. The first-order chi connectivity index (χ1) is 6.89. The van der Waals surface area contributed by atoms with Crippen LogP contribution in [0.4, 0.5) is 8.78 Å². The van der Waals surface area contributed by atoms with Crippen LogP contribution in [0.1, 0.15) is 22.4 Å². The largest absolute Gasteiger partial charge is 0.298 e. The zero-order chi connectivity index (χ0) is 11.2. The van der Waals surface area contributed by atoms with Crippen molar-refractivity contribution in [3.63, 3.8) is 0 Å². The van der Waals surface area contributed by atoms with Crippen molar-refractivity contribution in [3.8, 4) is 0 Å². The Hall–Kier alpha value is -0.600. The van der Waals surface area contributed by atoms with E-state index in [2.05, 4.69) is 10.1 Å². The number of rotatable bonds is 2. The highest BCUT2D eigenvalue weighted by Crippen LogP contribution is 2.30. The van der Waals surface area contributed by atoms with Crippen LogP contribution in [0.5, 0.6) is 0 Å². The number of carbonyl (C=O) groups excluding carboxylic acids is 1. The second-order valence-corrected chi connectivity index (χ2v) is 4.21. The number of carbonyl (C=O) groups is 1. The third kappa shape index (κ3) is 2.23. The lowest BCUT2D eigenvalue weighted by Crippen LogP contribution is -2.08. The lowest BCUT2D eigenvalue weighted by Gasteiger charge is -2.02. The third-order valence-electron chi connectivity index (χ3n) is 1.66. The molecule has 0 saturated carbocycles. The molecule has 0 aliphatic heterocycles. The molecule has 0 saturated heterocycles. The summed E-state index contributed by atoms with van der Waals surface area (Å²) in [7, 11) is 0. The van der Waals surface area contributed by atoms with Gasteiger partial charge in [-0.25, -0.2) is 4.98 Å². The van der Waals surface area contributed by atoms with Crippen molar-refractivity contribution in [2.45, 2.75) is 12.8 Å². The van der Waals surface area contributed by atoms with Crippen LogP contribution < -0.4 is 0 Å². The molecule has 0 radical (unpaired) electrons. The van der Waals surface area contributed by atoms with Gasteiger partial charge in [-0.2, -0.15) is 18.4 Å². The molecule has 4 nitrogen and oxygen atoms in total. The van der Waals surface area contributed by atoms with Gasteiger partial charge < -0.3 is 0 Å². The fourth-order valence-electron chi connectivity index (χ4n) is 1.00. The summed E-state index contributed by atoms with van der Waals surface area (Å²) in [6.45, 7) is 0.730. The smallest absolute Gasteiger partial charge is 0.274 e. The molecule has 9 heteroatoms. The van der Waals surface area contributed by atoms with E-state index in [1.165, 1.54) is 6.20 Å². The highest BCUT2D eigenvalue weighted by Gasteiger charge is 2.30. The number of alkyl halides is 2. The maximum atomic E-state index is 12.9. The first-order valence-electron chi connectivity index (χ1n) is 3.82. The molecule has 0 amide bonds. The average molecular weight is 333 g/mol. The van der Waals surface area contributed by atoms with E-state index < -0.39 is 16.2 Å². The van der Waals surface area contributed by atoms with Crippen LogP contribution in [-0.4, -0.2) is 19.8 Å². The minimum Gasteiger partial charge on any atom is -0.274 e. The molecule has 0 fully saturated rings. The van der Waals surface area contributed by atoms with Crippen LogP contribution >= 0.6 is 39.9 Å². The molecule has 0 N–H and O–H groups in total. The maximum Gasteiger partial charge on any atom is 0.298 e. The number of nitrogens with zero attached hydrogens (tertiary/aromatic N) is 3. The van der Waals surface area contributed by atoms with Gasteiger partial charge in [-0.05, 0) is 11.6 Å². The quantitative estimate of drug-likeness (QED) is 0.795. The molecule has 0 unspecified atom stereocenters. The predicted octanol–water partition coefficient (Wildman–Crippen LogP) is 2.86. The van der Waals surface area contributed by atoms with Crippen LogP contribution in [0.25, 0.3) is 4.96 Å². The molecule has 0 bridgehead atoms. The lowest BCUT2D eigenvalue weighted by molar-refractivity contribution is 0.0162. The molecule has 0 aliphatic carbocycles. The van der Waals surface area contributed by atoms with E-state index in [9.17, 15) is 13.6 Å². The Balaban J connectivity index is 0.00000128. The second kappa shape index (κ2) is 4.34. The Morgan fingerprint density at radius 1 is 1.62 bits per heavy atom. The molecule has 2 heterocycles. The number of aromatic nitrogens is 3. The fourth-order valence-corrected chi connectivity index (χ4v) is 1.94. The van der Waals surface area contributed by atoms with Crippen molar-refractivity contribution in [2.24, 2.45) is 0 Å². The molecule has 2 aromatic rings. The van der Waals surface area contributed by atoms with Crippen molar-refractivity contribution in [3.05, 3.63) is 16.9 Å². The Morgan fingerprint density at radius 3 is 2.75 bits per heavy atom. The van der Waals surface area contributed by atoms with E-state index in [0.717, 1.165) is 22.8 Å². The topological polar surface area (TPSA) is 47.3 Å². The summed E-state index contributed by atoms with van der Waals surface area (Å²) in [5, 5.41) is 2.41. The van der Waals surface area contributed by atoms with Crippen LogP contribution in [0.2, 0.25) is 0 Å². The Labute approximate surface area is 108 Å². The Kier molecular flexibility index (Phi) is 3.65. The summed E-state index contributed by atoms with van der Waals surface area (Å²) in [6.07, 6.45) is 1.20. The Morgan fingerprint density at radius 2 is 2.25 bits per heavy atom. The normalized spacial score (nSPS) is 11.5. The van der Waals surface area contributed by atoms with Gasteiger partial charge in [0.1, 0.15) is 5.69 Å². The zero-order valence-corrected chi connectivity index (χ0v) is 11.1. The minimum absolute atomic E-state index is 0. The first-order valence-corrected chi connectivity index (χ1v) is 5.02. The van der Waals surface area contributed by atoms with Gasteiger partial charge >= 0.3 is 0 Å². The van der Waals surface area contributed by atoms with E-state index in [-0.39, 0.29) is 27.6 Å². The van der Waals surface area contributed by atoms with Gasteiger partial charge in [0.25, 0.3) is 11.2 Å². The molecule has 0 atom stereocenters. The van der Waals surface area contributed by atoms with Crippen LogP contribution in [0.15, 0.2) is 6.20 Å². The maximum absolute atomic E-state index is 12.9. The van der Waals surface area contributed by atoms with Crippen molar-refractivity contribution in [1.82, 2.24) is 14.6 Å². The van der Waals surface area contributed by atoms with Crippen LogP contribution in [-0.2, 0) is 5.92 Å². The third-order valence-corrected chi connectivity index (χ3v) is 2.95. The van der Waals surface area contributed by atoms with Gasteiger partial charge in [-0.1, -0.05) is 11.3 Å². The molecule has 0 spiro atoms. The molecular formula is C7H5BrClF2N3OS. The highest BCUT2D eigenvalue weighted by atomic mass is 79.9. The molecular weight excluding hydrogens is 328 g/mol. The van der Waals surface area contributed by atoms with Gasteiger partial charge in [0.05, 0.1) is 6.20 Å². The number of halogens is 4. The number of imidazole rings is 1. The highest BCUT2D eigenvalue weighted by molar-refractivity contribution is 8.93. The summed E-state index contributed by atoms with van der Waals surface area (Å²) < 4.78 is 26.8. The van der Waals surface area contributed by atoms with Crippen LogP contribution in [0, 0.1) is 0 Å². The zero-order valence-electron chi connectivity index (χ0n) is 7.78. The monoisotopic (exact) mass is 331 g/mol. The standard InChI is InChI=1S/C7H4ClF2N3OS.BrH/c1-7(9,10)5-12-13-3(4(8)14)2-11-6(13)15-5;/h2H,1H3;1H. The van der Waals surface area contributed by atoms with E-state index in [0.29, 0.717) is 0 Å². The molecule has 2 rings (SSSR count). The molecule has 0 aliphatic rings. The average Bonchev–Trinajstić information content (AvgIpc) is 2.56. The summed E-state index contributed by atoms with van der Waals surface area (Å²) in [5.41, 5.74) is -0.0154. The molecule has 88 valence electrons.